The number of carbonyl (C=O) groups excluding carboxylic acids is 1. The Morgan fingerprint density at radius 2 is 1.90 bits per heavy atom. The van der Waals surface area contributed by atoms with Crippen LogP contribution in [0.4, 0.5) is 0 Å². The van der Waals surface area contributed by atoms with Crippen LogP contribution in [-0.4, -0.2) is 37.0 Å². The number of benzene rings is 1. The van der Waals surface area contributed by atoms with E-state index in [1.165, 1.54) is 5.56 Å². The van der Waals surface area contributed by atoms with E-state index in [0.717, 1.165) is 37.9 Å². The summed E-state index contributed by atoms with van der Waals surface area (Å²) in [6.07, 6.45) is 3.23. The highest BCUT2D eigenvalue weighted by Gasteiger charge is 2.22. The van der Waals surface area contributed by atoms with Crippen molar-refractivity contribution in [1.29, 1.82) is 0 Å². The second kappa shape index (κ2) is 6.89. The van der Waals surface area contributed by atoms with Gasteiger partial charge < -0.3 is 10.2 Å². The lowest BCUT2D eigenvalue weighted by Crippen LogP contribution is -2.43. The molecule has 1 unspecified atom stereocenters. The maximum atomic E-state index is 12.5. The van der Waals surface area contributed by atoms with Gasteiger partial charge in [-0.25, -0.2) is 0 Å². The van der Waals surface area contributed by atoms with Crippen LogP contribution in [-0.2, 0) is 0 Å². The van der Waals surface area contributed by atoms with Crippen LogP contribution in [0.25, 0.3) is 0 Å². The molecule has 0 bridgehead atoms. The van der Waals surface area contributed by atoms with Crippen LogP contribution in [0.15, 0.2) is 24.3 Å². The normalized spacial score (nSPS) is 18.1. The van der Waals surface area contributed by atoms with Crippen LogP contribution >= 0.6 is 0 Å². The molecule has 1 fully saturated rings. The molecule has 1 aliphatic rings. The molecule has 0 aromatic heterocycles. The Bertz CT molecular complexity index is 433. The van der Waals surface area contributed by atoms with Crippen molar-refractivity contribution in [2.75, 3.05) is 20.1 Å². The van der Waals surface area contributed by atoms with Crippen LogP contribution in [0.5, 0.6) is 0 Å². The van der Waals surface area contributed by atoms with E-state index < -0.39 is 0 Å². The quantitative estimate of drug-likeness (QED) is 0.915. The lowest BCUT2D eigenvalue weighted by molar-refractivity contribution is 0.0707. The lowest BCUT2D eigenvalue weighted by atomic mass is 9.97. The maximum absolute atomic E-state index is 12.5. The second-order valence-corrected chi connectivity index (χ2v) is 5.79. The summed E-state index contributed by atoms with van der Waals surface area (Å²) in [6.45, 7) is 6.13. The molecule has 1 atom stereocenters. The van der Waals surface area contributed by atoms with E-state index in [-0.39, 0.29) is 5.91 Å². The van der Waals surface area contributed by atoms with Crippen molar-refractivity contribution >= 4 is 5.91 Å². The molecule has 1 amide bonds. The van der Waals surface area contributed by atoms with Gasteiger partial charge in [0.1, 0.15) is 0 Å². The second-order valence-electron chi connectivity index (χ2n) is 5.79. The van der Waals surface area contributed by atoms with Gasteiger partial charge in [-0.2, -0.15) is 0 Å². The summed E-state index contributed by atoms with van der Waals surface area (Å²) < 4.78 is 0. The molecule has 0 spiro atoms. The monoisotopic (exact) mass is 274 g/mol. The van der Waals surface area contributed by atoms with Crippen LogP contribution < -0.4 is 5.32 Å². The standard InChI is InChI=1S/C17H26N2O/c1-4-13(2)14-5-7-15(8-6-14)17(20)19-11-9-16(18-3)10-12-19/h5-8,13,16,18H,4,9-12H2,1-3H3. The minimum atomic E-state index is 0.176. The van der Waals surface area contributed by atoms with Gasteiger partial charge in [0, 0.05) is 24.7 Å². The zero-order valence-corrected chi connectivity index (χ0v) is 12.9. The Labute approximate surface area is 122 Å². The molecule has 1 aromatic rings. The average Bonchev–Trinajstić information content (AvgIpc) is 2.53. The van der Waals surface area contributed by atoms with Gasteiger partial charge in [0.2, 0.25) is 0 Å². The van der Waals surface area contributed by atoms with Crippen molar-refractivity contribution in [2.45, 2.75) is 45.1 Å². The number of amides is 1. The van der Waals surface area contributed by atoms with Crippen molar-refractivity contribution in [3.8, 4) is 0 Å². The zero-order valence-electron chi connectivity index (χ0n) is 12.9. The summed E-state index contributed by atoms with van der Waals surface area (Å²) in [4.78, 5) is 14.4. The first-order valence-corrected chi connectivity index (χ1v) is 7.72. The van der Waals surface area contributed by atoms with Gasteiger partial charge in [-0.15, -0.1) is 0 Å². The van der Waals surface area contributed by atoms with E-state index in [4.69, 9.17) is 0 Å². The molecular formula is C17H26N2O. The molecule has 1 aliphatic heterocycles. The number of likely N-dealkylation sites (tertiary alicyclic amines) is 1. The van der Waals surface area contributed by atoms with Crippen LogP contribution in [0, 0.1) is 0 Å². The molecule has 0 aliphatic carbocycles. The molecule has 1 heterocycles. The van der Waals surface area contributed by atoms with E-state index in [2.05, 4.69) is 31.3 Å². The third-order valence-electron chi connectivity index (χ3n) is 4.53. The van der Waals surface area contributed by atoms with Gasteiger partial charge in [-0.1, -0.05) is 26.0 Å². The Morgan fingerprint density at radius 3 is 2.40 bits per heavy atom. The highest BCUT2D eigenvalue weighted by atomic mass is 16.2. The van der Waals surface area contributed by atoms with Gasteiger partial charge in [0.15, 0.2) is 0 Å². The largest absolute Gasteiger partial charge is 0.339 e. The van der Waals surface area contributed by atoms with E-state index in [9.17, 15) is 4.79 Å². The summed E-state index contributed by atoms with van der Waals surface area (Å²) in [6, 6.07) is 8.72. The van der Waals surface area contributed by atoms with Crippen LogP contribution in [0.2, 0.25) is 0 Å². The SMILES string of the molecule is CCC(C)c1ccc(C(=O)N2CCC(NC)CC2)cc1. The third kappa shape index (κ3) is 3.40. The van der Waals surface area contributed by atoms with E-state index in [0.29, 0.717) is 12.0 Å². The summed E-state index contributed by atoms with van der Waals surface area (Å²) in [5.41, 5.74) is 2.14. The fourth-order valence-electron chi connectivity index (χ4n) is 2.74. The zero-order chi connectivity index (χ0) is 14.5. The summed E-state index contributed by atoms with van der Waals surface area (Å²) in [7, 11) is 2.00. The van der Waals surface area contributed by atoms with E-state index in [1.54, 1.807) is 0 Å². The van der Waals surface area contributed by atoms with Crippen molar-refractivity contribution in [1.82, 2.24) is 10.2 Å². The number of nitrogens with one attached hydrogen (secondary N) is 1. The number of nitrogens with zero attached hydrogens (tertiary/aromatic N) is 1. The molecular weight excluding hydrogens is 248 g/mol. The van der Waals surface area contributed by atoms with Crippen molar-refractivity contribution < 1.29 is 4.79 Å². The molecule has 0 saturated carbocycles. The summed E-state index contributed by atoms with van der Waals surface area (Å²) in [5, 5.41) is 3.29. The first-order chi connectivity index (χ1) is 9.65. The van der Waals surface area contributed by atoms with Crippen LogP contribution in [0.1, 0.15) is 54.9 Å². The molecule has 0 radical (unpaired) electrons. The van der Waals surface area contributed by atoms with Gasteiger partial charge >= 0.3 is 0 Å². The molecule has 3 heteroatoms. The first-order valence-electron chi connectivity index (χ1n) is 7.72. The minimum absolute atomic E-state index is 0.176. The molecule has 1 saturated heterocycles. The molecule has 110 valence electrons. The topological polar surface area (TPSA) is 32.3 Å². The lowest BCUT2D eigenvalue weighted by Gasteiger charge is -2.31. The van der Waals surface area contributed by atoms with Gasteiger partial charge in [0.25, 0.3) is 5.91 Å². The minimum Gasteiger partial charge on any atom is -0.339 e. The van der Waals surface area contributed by atoms with E-state index >= 15 is 0 Å². The molecule has 1 aromatic carbocycles. The number of hydrogen-bond acceptors (Lipinski definition) is 2. The Kier molecular flexibility index (Phi) is 5.18. The summed E-state index contributed by atoms with van der Waals surface area (Å²) >= 11 is 0. The first kappa shape index (κ1) is 15.0. The van der Waals surface area contributed by atoms with Crippen molar-refractivity contribution in [3.05, 3.63) is 35.4 Å². The Morgan fingerprint density at radius 1 is 1.30 bits per heavy atom. The Hall–Kier alpha value is -1.35. The predicted molar refractivity (Wildman–Crippen MR) is 83.1 cm³/mol. The van der Waals surface area contributed by atoms with E-state index in [1.807, 2.05) is 24.1 Å². The van der Waals surface area contributed by atoms with Gasteiger partial charge in [-0.05, 0) is 49.9 Å². The summed E-state index contributed by atoms with van der Waals surface area (Å²) in [5.74, 6) is 0.737. The van der Waals surface area contributed by atoms with Crippen molar-refractivity contribution in [2.24, 2.45) is 0 Å². The van der Waals surface area contributed by atoms with Crippen molar-refractivity contribution in [3.63, 3.8) is 0 Å². The molecule has 3 nitrogen and oxygen atoms in total. The fraction of sp³-hybridized carbons (Fsp3) is 0.588. The highest BCUT2D eigenvalue weighted by Crippen LogP contribution is 2.20. The molecule has 2 rings (SSSR count). The highest BCUT2D eigenvalue weighted by molar-refractivity contribution is 5.94. The Balaban J connectivity index is 1.99. The number of hydrogen-bond donors (Lipinski definition) is 1. The molecule has 1 N–H and O–H groups in total. The van der Waals surface area contributed by atoms with Gasteiger partial charge in [0.05, 0.1) is 0 Å². The maximum Gasteiger partial charge on any atom is 0.253 e. The molecule has 20 heavy (non-hydrogen) atoms. The van der Waals surface area contributed by atoms with Gasteiger partial charge in [-0.3, -0.25) is 4.79 Å². The number of carbonyl (C=O) groups is 1. The third-order valence-corrected chi connectivity index (χ3v) is 4.53. The van der Waals surface area contributed by atoms with Crippen LogP contribution in [0.3, 0.4) is 0 Å². The number of rotatable bonds is 4. The average molecular weight is 274 g/mol. The predicted octanol–water partition coefficient (Wildman–Crippen LogP) is 3.02. The fourth-order valence-corrected chi connectivity index (χ4v) is 2.74. The smallest absolute Gasteiger partial charge is 0.253 e. The number of piperidine rings is 1.